The molecule has 0 fully saturated rings. The van der Waals surface area contributed by atoms with E-state index in [9.17, 15) is 52.7 Å². The van der Waals surface area contributed by atoms with Crippen molar-refractivity contribution < 1.29 is 57.4 Å². The van der Waals surface area contributed by atoms with Crippen LogP contribution in [-0.2, 0) is 4.74 Å². The van der Waals surface area contributed by atoms with Crippen LogP contribution in [0.1, 0.15) is 0 Å². The molecule has 0 aromatic rings. The molecule has 23 heavy (non-hydrogen) atoms. The van der Waals surface area contributed by atoms with Crippen molar-refractivity contribution in [2.75, 3.05) is 0 Å². The molecule has 0 saturated carbocycles. The van der Waals surface area contributed by atoms with Crippen LogP contribution in [-0.4, -0.2) is 24.6 Å². The largest absolute Gasteiger partial charge is 0.424 e. The molecule has 0 aromatic carbocycles. The van der Waals surface area contributed by atoms with Gasteiger partial charge in [-0.15, -0.1) is 0 Å². The molecular weight excluding hydrogens is 411 g/mol. The van der Waals surface area contributed by atoms with Gasteiger partial charge in [-0.2, -0.15) is 52.7 Å². The number of rotatable bonds is 4. The molecule has 0 aromatic heterocycles. The molecule has 0 aliphatic heterocycles. The van der Waals surface area contributed by atoms with Gasteiger partial charge in [0.15, 0.2) is 11.1 Å². The van der Waals surface area contributed by atoms with Gasteiger partial charge in [0, 0.05) is 0 Å². The Hall–Kier alpha value is -0.820. The quantitative estimate of drug-likeness (QED) is 0.505. The van der Waals surface area contributed by atoms with Crippen molar-refractivity contribution in [3.8, 4) is 0 Å². The molecule has 0 aliphatic carbocycles. The summed E-state index contributed by atoms with van der Waals surface area (Å²) in [6.45, 7) is 0. The van der Waals surface area contributed by atoms with E-state index in [2.05, 4.69) is 27.9 Å². The Kier molecular flexibility index (Phi) is 6.35. The van der Waals surface area contributed by atoms with E-state index in [1.54, 1.807) is 0 Å². The summed E-state index contributed by atoms with van der Waals surface area (Å²) < 4.78 is 151. The van der Waals surface area contributed by atoms with Gasteiger partial charge in [-0.3, -0.25) is 0 Å². The van der Waals surface area contributed by atoms with Gasteiger partial charge in [0.05, 0.1) is 0 Å². The lowest BCUT2D eigenvalue weighted by Crippen LogP contribution is -2.43. The third-order valence-corrected chi connectivity index (χ3v) is 2.16. The van der Waals surface area contributed by atoms with Crippen molar-refractivity contribution in [3.63, 3.8) is 0 Å². The van der Waals surface area contributed by atoms with E-state index < -0.39 is 46.3 Å². The molecule has 0 saturated heterocycles. The Labute approximate surface area is 128 Å². The SMILES string of the molecule is F/C(Cl)=C(/C(F)(F)F)C(F)(F)OC(F)(F)/C(=C(\F)Cl)C(F)(F)F. The molecule has 0 radical (unpaired) electrons. The van der Waals surface area contributed by atoms with Crippen LogP contribution in [0.5, 0.6) is 0 Å². The summed E-state index contributed by atoms with van der Waals surface area (Å²) in [6.07, 6.45) is -25.7. The number of ether oxygens (including phenoxy) is 1. The highest BCUT2D eigenvalue weighted by molar-refractivity contribution is 6.29. The summed E-state index contributed by atoms with van der Waals surface area (Å²) in [7, 11) is 0. The first-order chi connectivity index (χ1) is 9.84. The van der Waals surface area contributed by atoms with Gasteiger partial charge in [0.2, 0.25) is 10.6 Å². The Morgan fingerprint density at radius 3 is 0.913 bits per heavy atom. The molecule has 0 bridgehead atoms. The van der Waals surface area contributed by atoms with Gasteiger partial charge in [-0.1, -0.05) is 23.2 Å². The topological polar surface area (TPSA) is 9.23 Å². The van der Waals surface area contributed by atoms with E-state index in [1.165, 1.54) is 0 Å². The minimum atomic E-state index is -6.42. The molecule has 0 atom stereocenters. The van der Waals surface area contributed by atoms with Crippen molar-refractivity contribution >= 4 is 23.2 Å². The maximum absolute atomic E-state index is 13.0. The van der Waals surface area contributed by atoms with E-state index in [0.717, 1.165) is 0 Å². The van der Waals surface area contributed by atoms with E-state index >= 15 is 0 Å². The molecule has 136 valence electrons. The smallest absolute Gasteiger partial charge is 0.247 e. The number of halogens is 14. The Morgan fingerprint density at radius 1 is 0.565 bits per heavy atom. The summed E-state index contributed by atoms with van der Waals surface area (Å²) in [4.78, 5) is 0. The highest BCUT2D eigenvalue weighted by Crippen LogP contribution is 2.49. The molecule has 15 heteroatoms. The normalized spacial score (nSPS) is 17.0. The predicted octanol–water partition coefficient (Wildman–Crippen LogP) is 6.15. The second kappa shape index (κ2) is 6.59. The molecular formula is C8Cl2F12O. The van der Waals surface area contributed by atoms with Crippen LogP contribution in [0.25, 0.3) is 0 Å². The molecule has 0 aliphatic rings. The molecule has 0 rings (SSSR count). The van der Waals surface area contributed by atoms with Gasteiger partial charge in [-0.25, -0.2) is 4.74 Å². The predicted molar refractivity (Wildman–Crippen MR) is 51.1 cm³/mol. The highest BCUT2D eigenvalue weighted by Gasteiger charge is 2.63. The maximum Gasteiger partial charge on any atom is 0.424 e. The lowest BCUT2D eigenvalue weighted by Gasteiger charge is -2.27. The third kappa shape index (κ3) is 5.64. The fourth-order valence-electron chi connectivity index (χ4n) is 1.03. The number of alkyl halides is 10. The highest BCUT2D eigenvalue weighted by atomic mass is 35.5. The van der Waals surface area contributed by atoms with Crippen LogP contribution in [0.2, 0.25) is 0 Å². The fraction of sp³-hybridized carbons (Fsp3) is 0.500. The van der Waals surface area contributed by atoms with E-state index in [0.29, 0.717) is 0 Å². The summed E-state index contributed by atoms with van der Waals surface area (Å²) in [5.41, 5.74) is -7.72. The summed E-state index contributed by atoms with van der Waals surface area (Å²) in [6, 6.07) is 0. The van der Waals surface area contributed by atoms with Crippen LogP contribution in [0.4, 0.5) is 52.7 Å². The lowest BCUT2D eigenvalue weighted by atomic mass is 10.2. The Balaban J connectivity index is 6.05. The van der Waals surface area contributed by atoms with Crippen LogP contribution >= 0.6 is 23.2 Å². The van der Waals surface area contributed by atoms with Gasteiger partial charge in [0.1, 0.15) is 0 Å². The first-order valence-electron chi connectivity index (χ1n) is 4.55. The second-order valence-electron chi connectivity index (χ2n) is 3.40. The number of hydrogen-bond donors (Lipinski definition) is 0. The van der Waals surface area contributed by atoms with E-state index in [4.69, 9.17) is 0 Å². The van der Waals surface area contributed by atoms with Gasteiger partial charge < -0.3 is 0 Å². The van der Waals surface area contributed by atoms with Gasteiger partial charge in [-0.05, 0) is 0 Å². The van der Waals surface area contributed by atoms with Crippen molar-refractivity contribution in [3.05, 3.63) is 21.7 Å². The first-order valence-corrected chi connectivity index (χ1v) is 5.31. The average Bonchev–Trinajstić information content (AvgIpc) is 2.03. The minimum Gasteiger partial charge on any atom is -0.247 e. The van der Waals surface area contributed by atoms with E-state index in [-0.39, 0.29) is 0 Å². The fourth-order valence-corrected chi connectivity index (χ4v) is 1.46. The van der Waals surface area contributed by atoms with Crippen molar-refractivity contribution in [1.82, 2.24) is 0 Å². The van der Waals surface area contributed by atoms with Crippen molar-refractivity contribution in [1.29, 1.82) is 0 Å². The second-order valence-corrected chi connectivity index (χ2v) is 4.07. The molecule has 0 amide bonds. The molecule has 0 N–H and O–H groups in total. The molecule has 1 nitrogen and oxygen atoms in total. The summed E-state index contributed by atoms with van der Waals surface area (Å²) >= 11 is 8.06. The monoisotopic (exact) mass is 410 g/mol. The molecule has 0 unspecified atom stereocenters. The first kappa shape index (κ1) is 22.2. The van der Waals surface area contributed by atoms with Crippen LogP contribution in [0.15, 0.2) is 21.7 Å². The zero-order chi connectivity index (χ0) is 19.0. The van der Waals surface area contributed by atoms with Crippen LogP contribution in [0.3, 0.4) is 0 Å². The van der Waals surface area contributed by atoms with Crippen molar-refractivity contribution in [2.24, 2.45) is 0 Å². The van der Waals surface area contributed by atoms with Crippen molar-refractivity contribution in [2.45, 2.75) is 24.6 Å². The maximum atomic E-state index is 13.0. The molecule has 0 heterocycles. The minimum absolute atomic E-state index is 2.05. The zero-order valence-corrected chi connectivity index (χ0v) is 11.2. The summed E-state index contributed by atoms with van der Waals surface area (Å²) in [5, 5.41) is -6.58. The van der Waals surface area contributed by atoms with Crippen LogP contribution < -0.4 is 0 Å². The Bertz CT molecular complexity index is 460. The third-order valence-electron chi connectivity index (χ3n) is 1.78. The lowest BCUT2D eigenvalue weighted by molar-refractivity contribution is -0.363. The Morgan fingerprint density at radius 2 is 0.783 bits per heavy atom. The zero-order valence-electron chi connectivity index (χ0n) is 9.70. The standard InChI is InChI=1S/C8Cl2F12O/c9-3(11)1(5(13,14)15)7(19,20)23-8(21,22)2(4(10)12)6(16,17)18/b3-1-,4-2-. The summed E-state index contributed by atoms with van der Waals surface area (Å²) in [5.74, 6) is 0. The van der Waals surface area contributed by atoms with Gasteiger partial charge >= 0.3 is 24.6 Å². The van der Waals surface area contributed by atoms with Gasteiger partial charge in [0.25, 0.3) is 0 Å². The van der Waals surface area contributed by atoms with Crippen LogP contribution in [0, 0.1) is 0 Å². The number of hydrogen-bond acceptors (Lipinski definition) is 1. The molecule has 0 spiro atoms. The average molecular weight is 411 g/mol. The van der Waals surface area contributed by atoms with E-state index in [1.807, 2.05) is 0 Å².